The number of hydrogen-bond donors (Lipinski definition) is 5. The molecule has 0 spiro atoms. The summed E-state index contributed by atoms with van der Waals surface area (Å²) in [5.41, 5.74) is 3.81. The number of phenols is 5. The molecular formula is C30H28O8. The van der Waals surface area contributed by atoms with Gasteiger partial charge in [-0.2, -0.15) is 0 Å². The highest BCUT2D eigenvalue weighted by molar-refractivity contribution is 5.72. The first-order valence-corrected chi connectivity index (χ1v) is 12.1. The molecule has 1 aliphatic heterocycles. The zero-order chi connectivity index (χ0) is 27.0. The van der Waals surface area contributed by atoms with Crippen molar-refractivity contribution in [1.82, 2.24) is 0 Å². The standard InChI is InChI=1S/C30H28O8/c1-36-24-14-18(10-9-16-5-3-7-19(31)11-16)25-21(13-17-6-4-8-20(32)12-17)22-15-23(33)26(34)30(37-2)28(22)38-29(25)27(24)35/h3-8,11-12,14-15,21,31-35H,9-10,13H2,1-2H3. The summed E-state index contributed by atoms with van der Waals surface area (Å²) in [6.45, 7) is 0. The Balaban J connectivity index is 1.71. The van der Waals surface area contributed by atoms with Gasteiger partial charge in [-0.05, 0) is 72.4 Å². The van der Waals surface area contributed by atoms with Crippen molar-refractivity contribution in [3.05, 3.63) is 88.5 Å². The van der Waals surface area contributed by atoms with Crippen molar-refractivity contribution in [2.24, 2.45) is 0 Å². The zero-order valence-corrected chi connectivity index (χ0v) is 20.9. The Kier molecular flexibility index (Phi) is 6.55. The monoisotopic (exact) mass is 516 g/mol. The molecule has 0 bridgehead atoms. The number of benzene rings is 4. The highest BCUT2D eigenvalue weighted by Gasteiger charge is 2.37. The SMILES string of the molecule is COc1cc(CCc2cccc(O)c2)c2c(c1O)Oc1c(cc(O)c(O)c1OC)C2Cc1cccc(O)c1. The average molecular weight is 517 g/mol. The van der Waals surface area contributed by atoms with Gasteiger partial charge in [0.05, 0.1) is 14.2 Å². The second-order valence-electron chi connectivity index (χ2n) is 9.22. The predicted octanol–water partition coefficient (Wildman–Crippen LogP) is 5.50. The molecule has 1 atom stereocenters. The molecule has 8 heteroatoms. The van der Waals surface area contributed by atoms with E-state index in [0.29, 0.717) is 30.4 Å². The van der Waals surface area contributed by atoms with Gasteiger partial charge in [-0.25, -0.2) is 0 Å². The van der Waals surface area contributed by atoms with Crippen LogP contribution in [0.15, 0.2) is 60.7 Å². The van der Waals surface area contributed by atoms with E-state index in [9.17, 15) is 25.5 Å². The van der Waals surface area contributed by atoms with E-state index in [0.717, 1.165) is 16.7 Å². The summed E-state index contributed by atoms with van der Waals surface area (Å²) in [5.74, 6) is -0.718. The molecule has 38 heavy (non-hydrogen) atoms. The molecule has 0 saturated heterocycles. The smallest absolute Gasteiger partial charge is 0.208 e. The fourth-order valence-electron chi connectivity index (χ4n) is 5.11. The Morgan fingerprint density at radius 2 is 1.42 bits per heavy atom. The van der Waals surface area contributed by atoms with E-state index in [1.807, 2.05) is 12.1 Å². The van der Waals surface area contributed by atoms with Gasteiger partial charge in [0.2, 0.25) is 17.2 Å². The number of rotatable bonds is 7. The van der Waals surface area contributed by atoms with Crippen LogP contribution in [0.1, 0.15) is 33.7 Å². The Hall–Kier alpha value is -4.72. The minimum atomic E-state index is -0.475. The van der Waals surface area contributed by atoms with Gasteiger partial charge in [0.25, 0.3) is 0 Å². The van der Waals surface area contributed by atoms with E-state index in [1.165, 1.54) is 20.3 Å². The lowest BCUT2D eigenvalue weighted by Crippen LogP contribution is -2.17. The summed E-state index contributed by atoms with van der Waals surface area (Å²) in [6, 6.07) is 17.1. The van der Waals surface area contributed by atoms with Gasteiger partial charge in [0.15, 0.2) is 23.0 Å². The van der Waals surface area contributed by atoms with Gasteiger partial charge >= 0.3 is 0 Å². The molecule has 5 rings (SSSR count). The number of hydrogen-bond acceptors (Lipinski definition) is 8. The molecule has 0 fully saturated rings. The summed E-state index contributed by atoms with van der Waals surface area (Å²) >= 11 is 0. The van der Waals surface area contributed by atoms with E-state index in [4.69, 9.17) is 14.2 Å². The molecule has 0 radical (unpaired) electrons. The van der Waals surface area contributed by atoms with Crippen LogP contribution in [0.2, 0.25) is 0 Å². The Labute approximate surface area is 219 Å². The molecule has 0 amide bonds. The molecule has 1 aliphatic rings. The maximum absolute atomic E-state index is 11.1. The maximum Gasteiger partial charge on any atom is 0.208 e. The molecule has 0 saturated carbocycles. The first-order valence-electron chi connectivity index (χ1n) is 12.1. The van der Waals surface area contributed by atoms with E-state index >= 15 is 0 Å². The van der Waals surface area contributed by atoms with E-state index in [-0.39, 0.29) is 46.0 Å². The van der Waals surface area contributed by atoms with Crippen LogP contribution in [-0.2, 0) is 19.3 Å². The first-order chi connectivity index (χ1) is 18.3. The minimum Gasteiger partial charge on any atom is -0.508 e. The fourth-order valence-corrected chi connectivity index (χ4v) is 5.11. The summed E-state index contributed by atoms with van der Waals surface area (Å²) in [7, 11) is 2.80. The number of phenolic OH excluding ortho intramolecular Hbond substituents is 5. The highest BCUT2D eigenvalue weighted by Crippen LogP contribution is 2.59. The summed E-state index contributed by atoms with van der Waals surface area (Å²) in [4.78, 5) is 0. The first kappa shape index (κ1) is 25.0. The quantitative estimate of drug-likeness (QED) is 0.204. The number of fused-ring (bicyclic) bond motifs is 2. The lowest BCUT2D eigenvalue weighted by Gasteiger charge is -2.32. The topological polar surface area (TPSA) is 129 Å². The van der Waals surface area contributed by atoms with Crippen LogP contribution < -0.4 is 14.2 Å². The van der Waals surface area contributed by atoms with Crippen LogP contribution in [0.25, 0.3) is 0 Å². The van der Waals surface area contributed by atoms with Gasteiger partial charge in [-0.1, -0.05) is 24.3 Å². The average Bonchev–Trinajstić information content (AvgIpc) is 2.90. The van der Waals surface area contributed by atoms with Crippen LogP contribution in [-0.4, -0.2) is 39.8 Å². The third kappa shape index (κ3) is 4.45. The summed E-state index contributed by atoms with van der Waals surface area (Å²) < 4.78 is 17.0. The number of ether oxygens (including phenoxy) is 3. The lowest BCUT2D eigenvalue weighted by molar-refractivity contribution is 0.313. The predicted molar refractivity (Wildman–Crippen MR) is 140 cm³/mol. The van der Waals surface area contributed by atoms with Gasteiger partial charge in [0, 0.05) is 17.0 Å². The molecule has 196 valence electrons. The third-order valence-corrected chi connectivity index (χ3v) is 6.86. The largest absolute Gasteiger partial charge is 0.508 e. The van der Waals surface area contributed by atoms with Gasteiger partial charge in [-0.3, -0.25) is 0 Å². The molecule has 5 N–H and O–H groups in total. The Morgan fingerprint density at radius 3 is 2.08 bits per heavy atom. The molecular weight excluding hydrogens is 488 g/mol. The molecule has 0 aromatic heterocycles. The highest BCUT2D eigenvalue weighted by atomic mass is 16.5. The molecule has 4 aromatic carbocycles. The van der Waals surface area contributed by atoms with Gasteiger partial charge < -0.3 is 39.7 Å². The van der Waals surface area contributed by atoms with E-state index < -0.39 is 11.7 Å². The second kappa shape index (κ2) is 9.97. The van der Waals surface area contributed by atoms with Crippen LogP contribution in [0.3, 0.4) is 0 Å². The second-order valence-corrected chi connectivity index (χ2v) is 9.22. The van der Waals surface area contributed by atoms with E-state index in [2.05, 4.69) is 0 Å². The van der Waals surface area contributed by atoms with Gasteiger partial charge in [0.1, 0.15) is 11.5 Å². The molecule has 0 aliphatic carbocycles. The van der Waals surface area contributed by atoms with Crippen molar-refractivity contribution >= 4 is 0 Å². The number of methoxy groups -OCH3 is 2. The lowest BCUT2D eigenvalue weighted by atomic mass is 9.79. The molecule has 1 heterocycles. The van der Waals surface area contributed by atoms with Crippen LogP contribution in [0.5, 0.6) is 51.7 Å². The zero-order valence-electron chi connectivity index (χ0n) is 20.9. The summed E-state index contributed by atoms with van der Waals surface area (Å²) in [6.07, 6.45) is 1.50. The van der Waals surface area contributed by atoms with Crippen molar-refractivity contribution in [3.8, 4) is 51.7 Å². The maximum atomic E-state index is 11.1. The Bertz CT molecular complexity index is 1510. The van der Waals surface area contributed by atoms with Crippen molar-refractivity contribution < 1.29 is 39.7 Å². The molecule has 8 nitrogen and oxygen atoms in total. The fraction of sp³-hybridized carbons (Fsp3) is 0.200. The van der Waals surface area contributed by atoms with Gasteiger partial charge in [-0.15, -0.1) is 0 Å². The van der Waals surface area contributed by atoms with Crippen molar-refractivity contribution in [2.45, 2.75) is 25.2 Å². The number of aromatic hydroxyl groups is 5. The van der Waals surface area contributed by atoms with Crippen LogP contribution in [0.4, 0.5) is 0 Å². The van der Waals surface area contributed by atoms with Crippen molar-refractivity contribution in [2.75, 3.05) is 14.2 Å². The van der Waals surface area contributed by atoms with E-state index in [1.54, 1.807) is 42.5 Å². The molecule has 1 unspecified atom stereocenters. The Morgan fingerprint density at radius 1 is 0.737 bits per heavy atom. The van der Waals surface area contributed by atoms with Crippen LogP contribution >= 0.6 is 0 Å². The third-order valence-electron chi connectivity index (χ3n) is 6.86. The molecule has 4 aromatic rings. The number of aryl methyl sites for hydroxylation is 2. The minimum absolute atomic E-state index is 0.0601. The summed E-state index contributed by atoms with van der Waals surface area (Å²) in [5, 5.41) is 52.2. The van der Waals surface area contributed by atoms with Crippen LogP contribution in [0, 0.1) is 0 Å². The van der Waals surface area contributed by atoms with Crippen molar-refractivity contribution in [1.29, 1.82) is 0 Å². The van der Waals surface area contributed by atoms with Crippen molar-refractivity contribution in [3.63, 3.8) is 0 Å². The normalized spacial score (nSPS) is 13.8.